The van der Waals surface area contributed by atoms with Gasteiger partial charge in [0.05, 0.1) is 37.8 Å². The molecule has 1 heterocycles. The molecule has 3 aromatic rings. The van der Waals surface area contributed by atoms with Crippen molar-refractivity contribution in [3.63, 3.8) is 0 Å². The Morgan fingerprint density at radius 3 is 2.63 bits per heavy atom. The fraction of sp³-hybridized carbons (Fsp3) is 0.353. The molecule has 1 aliphatic carbocycles. The van der Waals surface area contributed by atoms with Gasteiger partial charge in [0.2, 0.25) is 12.2 Å². The molecule has 1 aliphatic heterocycles. The Bertz CT molecular complexity index is 1460. The number of carbonyl (C=O) groups is 2. The highest BCUT2D eigenvalue weighted by Gasteiger charge is 2.31. The third-order valence-corrected chi connectivity index (χ3v) is 7.69. The maximum atomic E-state index is 13.2. The van der Waals surface area contributed by atoms with Gasteiger partial charge in [-0.3, -0.25) is 9.59 Å². The van der Waals surface area contributed by atoms with Crippen molar-refractivity contribution in [3.8, 4) is 11.1 Å². The summed E-state index contributed by atoms with van der Waals surface area (Å²) in [6.45, 7) is 1.19. The standard InChI is InChI=1S/C34H39N3O6/c35-29-12-3-4-13-30(29)37-32(39)14-5-6-15-36-34(40)31-21-24(22-33(43-31)42-19-18-41-17-16-38)26-10-7-11-27-25-9-2-1-8-23(25)20-28(26)27/h1-4,7-13,21,24,33,38H,5-6,14-20,22,35H2,(H,36,40)(H,37,39)/t24-,33+/m1/s1. The van der Waals surface area contributed by atoms with Crippen LogP contribution in [0.25, 0.3) is 11.1 Å². The zero-order valence-electron chi connectivity index (χ0n) is 24.2. The number of nitrogens with one attached hydrogen (secondary N) is 2. The Labute approximate surface area is 252 Å². The number of benzene rings is 3. The van der Waals surface area contributed by atoms with Gasteiger partial charge >= 0.3 is 0 Å². The van der Waals surface area contributed by atoms with Crippen LogP contribution in [0, 0.1) is 0 Å². The van der Waals surface area contributed by atoms with E-state index in [1.165, 1.54) is 22.3 Å². The smallest absolute Gasteiger partial charge is 0.286 e. The normalized spacial score (nSPS) is 16.9. The minimum absolute atomic E-state index is 0.0527. The number of unbranched alkanes of at least 4 members (excludes halogenated alkanes) is 1. The van der Waals surface area contributed by atoms with Crippen LogP contribution in [0.1, 0.15) is 48.3 Å². The predicted molar refractivity (Wildman–Crippen MR) is 165 cm³/mol. The third kappa shape index (κ3) is 7.81. The number of hydrogen-bond acceptors (Lipinski definition) is 7. The third-order valence-electron chi connectivity index (χ3n) is 7.69. The fourth-order valence-electron chi connectivity index (χ4n) is 5.59. The summed E-state index contributed by atoms with van der Waals surface area (Å²) in [6.07, 6.45) is 4.24. The van der Waals surface area contributed by atoms with Crippen molar-refractivity contribution in [3.05, 3.63) is 95.3 Å². The number of rotatable bonds is 14. The Kier molecular flexibility index (Phi) is 10.4. The zero-order valence-corrected chi connectivity index (χ0v) is 24.2. The highest BCUT2D eigenvalue weighted by Crippen LogP contribution is 2.42. The number of nitrogens with two attached hydrogens (primary N) is 1. The SMILES string of the molecule is Nc1ccccc1NC(=O)CCCCNC(=O)C1=C[C@@H](c2cccc3c2Cc2ccccc2-3)C[C@@H](OCCOCCO)O1. The van der Waals surface area contributed by atoms with E-state index >= 15 is 0 Å². The number of hydrogen-bond donors (Lipinski definition) is 4. The molecule has 43 heavy (non-hydrogen) atoms. The van der Waals surface area contributed by atoms with E-state index in [0.29, 0.717) is 50.2 Å². The molecule has 0 spiro atoms. The minimum atomic E-state index is -0.623. The highest BCUT2D eigenvalue weighted by molar-refractivity contribution is 5.94. The van der Waals surface area contributed by atoms with Crippen LogP contribution in [0.15, 0.2) is 78.6 Å². The Balaban J connectivity index is 1.20. The first kappa shape index (κ1) is 30.3. The van der Waals surface area contributed by atoms with Gasteiger partial charge in [-0.2, -0.15) is 0 Å². The number of aliphatic hydroxyl groups excluding tert-OH is 1. The largest absolute Gasteiger partial charge is 0.459 e. The van der Waals surface area contributed by atoms with Crippen molar-refractivity contribution < 1.29 is 28.9 Å². The Hall–Kier alpha value is -4.18. The van der Waals surface area contributed by atoms with Crippen LogP contribution >= 0.6 is 0 Å². The van der Waals surface area contributed by atoms with Crippen LogP contribution in [-0.2, 0) is 30.2 Å². The van der Waals surface area contributed by atoms with Gasteiger partial charge in [0.25, 0.3) is 5.91 Å². The number of carbonyl (C=O) groups excluding carboxylic acids is 2. The van der Waals surface area contributed by atoms with E-state index in [1.54, 1.807) is 12.1 Å². The molecule has 0 fully saturated rings. The number of aliphatic hydroxyl groups is 1. The van der Waals surface area contributed by atoms with Crippen molar-refractivity contribution >= 4 is 23.2 Å². The molecule has 0 aromatic heterocycles. The van der Waals surface area contributed by atoms with Gasteiger partial charge in [-0.25, -0.2) is 0 Å². The Morgan fingerprint density at radius 2 is 1.77 bits per heavy atom. The second kappa shape index (κ2) is 14.8. The summed E-state index contributed by atoms with van der Waals surface area (Å²) in [4.78, 5) is 25.5. The van der Waals surface area contributed by atoms with Crippen molar-refractivity contribution in [1.29, 1.82) is 0 Å². The van der Waals surface area contributed by atoms with Gasteiger partial charge in [0, 0.05) is 25.3 Å². The quantitative estimate of drug-likeness (QED) is 0.127. The predicted octanol–water partition coefficient (Wildman–Crippen LogP) is 4.50. The molecule has 0 radical (unpaired) electrons. The number of ether oxygens (including phenoxy) is 3. The molecule has 2 aliphatic rings. The molecule has 0 unspecified atom stereocenters. The number of anilines is 2. The molecule has 2 atom stereocenters. The second-order valence-corrected chi connectivity index (χ2v) is 10.7. The minimum Gasteiger partial charge on any atom is -0.459 e. The van der Waals surface area contributed by atoms with E-state index in [0.717, 1.165) is 12.0 Å². The number of allylic oxidation sites excluding steroid dienone is 1. The molecule has 5 N–H and O–H groups in total. The Morgan fingerprint density at radius 1 is 0.953 bits per heavy atom. The van der Waals surface area contributed by atoms with Crippen LogP contribution in [0.2, 0.25) is 0 Å². The molecule has 0 bridgehead atoms. The van der Waals surface area contributed by atoms with Crippen molar-refractivity contribution in [2.24, 2.45) is 0 Å². The fourth-order valence-corrected chi connectivity index (χ4v) is 5.59. The lowest BCUT2D eigenvalue weighted by Crippen LogP contribution is -2.34. The lowest BCUT2D eigenvalue weighted by atomic mass is 9.87. The van der Waals surface area contributed by atoms with Crippen LogP contribution in [0.4, 0.5) is 11.4 Å². The summed E-state index contributed by atoms with van der Waals surface area (Å²) in [5, 5.41) is 14.7. The summed E-state index contributed by atoms with van der Waals surface area (Å²) in [6, 6.07) is 21.9. The first-order valence-electron chi connectivity index (χ1n) is 14.8. The van der Waals surface area contributed by atoms with Crippen LogP contribution < -0.4 is 16.4 Å². The van der Waals surface area contributed by atoms with Crippen LogP contribution in [-0.4, -0.2) is 56.2 Å². The topological polar surface area (TPSA) is 132 Å². The molecule has 226 valence electrons. The molecule has 0 saturated carbocycles. The average molecular weight is 586 g/mol. The van der Waals surface area contributed by atoms with Gasteiger partial charge in [0.15, 0.2) is 5.76 Å². The lowest BCUT2D eigenvalue weighted by molar-refractivity contribution is -0.151. The van der Waals surface area contributed by atoms with Crippen molar-refractivity contribution in [2.75, 3.05) is 44.0 Å². The van der Waals surface area contributed by atoms with E-state index in [-0.39, 0.29) is 43.3 Å². The molecule has 9 nitrogen and oxygen atoms in total. The van der Waals surface area contributed by atoms with Crippen LogP contribution in [0.5, 0.6) is 0 Å². The number of nitrogen functional groups attached to an aromatic ring is 1. The molecular formula is C34H39N3O6. The monoisotopic (exact) mass is 585 g/mol. The van der Waals surface area contributed by atoms with Crippen molar-refractivity contribution in [1.82, 2.24) is 5.32 Å². The summed E-state index contributed by atoms with van der Waals surface area (Å²) < 4.78 is 17.3. The maximum absolute atomic E-state index is 13.2. The van der Waals surface area contributed by atoms with Gasteiger partial charge in [-0.15, -0.1) is 0 Å². The molecular weight excluding hydrogens is 546 g/mol. The molecule has 9 heteroatoms. The van der Waals surface area contributed by atoms with E-state index in [9.17, 15) is 9.59 Å². The summed E-state index contributed by atoms with van der Waals surface area (Å²) in [5.74, 6) is -0.280. The second-order valence-electron chi connectivity index (χ2n) is 10.7. The summed E-state index contributed by atoms with van der Waals surface area (Å²) in [5.41, 5.74) is 13.2. The van der Waals surface area contributed by atoms with Crippen molar-refractivity contribution in [2.45, 2.75) is 44.3 Å². The summed E-state index contributed by atoms with van der Waals surface area (Å²) >= 11 is 0. The molecule has 3 aromatic carbocycles. The molecule has 5 rings (SSSR count). The molecule has 2 amide bonds. The summed E-state index contributed by atoms with van der Waals surface area (Å²) in [7, 11) is 0. The highest BCUT2D eigenvalue weighted by atomic mass is 16.7. The molecule has 0 saturated heterocycles. The average Bonchev–Trinajstić information content (AvgIpc) is 3.40. The van der Waals surface area contributed by atoms with Gasteiger partial charge < -0.3 is 35.7 Å². The number of fused-ring (bicyclic) bond motifs is 3. The lowest BCUT2D eigenvalue weighted by Gasteiger charge is -2.30. The van der Waals surface area contributed by atoms with Crippen LogP contribution in [0.3, 0.4) is 0 Å². The number of amides is 2. The van der Waals surface area contributed by atoms with E-state index in [1.807, 2.05) is 18.2 Å². The van der Waals surface area contributed by atoms with E-state index in [2.05, 4.69) is 53.1 Å². The number of para-hydroxylation sites is 2. The van der Waals surface area contributed by atoms with Gasteiger partial charge in [-0.1, -0.05) is 54.6 Å². The first-order valence-corrected chi connectivity index (χ1v) is 14.8. The maximum Gasteiger partial charge on any atom is 0.286 e. The van der Waals surface area contributed by atoms with Gasteiger partial charge in [0.1, 0.15) is 0 Å². The zero-order chi connectivity index (χ0) is 30.0. The van der Waals surface area contributed by atoms with Gasteiger partial charge in [-0.05, 0) is 65.3 Å². The van der Waals surface area contributed by atoms with E-state index in [4.69, 9.17) is 25.1 Å². The first-order chi connectivity index (χ1) is 21.0. The van der Waals surface area contributed by atoms with E-state index < -0.39 is 6.29 Å².